The van der Waals surface area contributed by atoms with Gasteiger partial charge in [0.25, 0.3) is 0 Å². The number of H-pyrrole nitrogens is 1. The molecule has 0 radical (unpaired) electrons. The largest absolute Gasteiger partial charge is 0.440 e. The zero-order valence-electron chi connectivity index (χ0n) is 12.1. The zero-order valence-corrected chi connectivity index (χ0v) is 12.1. The second-order valence-electron chi connectivity index (χ2n) is 5.77. The van der Waals surface area contributed by atoms with E-state index in [1.165, 1.54) is 0 Å². The van der Waals surface area contributed by atoms with Crippen LogP contribution in [-0.2, 0) is 17.7 Å². The lowest BCUT2D eigenvalue weighted by atomic mass is 9.93. The molecule has 2 saturated heterocycles. The van der Waals surface area contributed by atoms with Crippen LogP contribution in [0.4, 0.5) is 4.79 Å². The first-order valence-electron chi connectivity index (χ1n) is 7.17. The molecule has 1 N–H and O–H groups in total. The molecule has 1 aromatic rings. The molecule has 0 aliphatic carbocycles. The van der Waals surface area contributed by atoms with Gasteiger partial charge in [-0.15, -0.1) is 0 Å². The van der Waals surface area contributed by atoms with E-state index < -0.39 is 0 Å². The molecule has 7 nitrogen and oxygen atoms in total. The molecule has 3 heterocycles. The Balaban J connectivity index is 1.65. The van der Waals surface area contributed by atoms with E-state index in [0.29, 0.717) is 6.54 Å². The van der Waals surface area contributed by atoms with Crippen LogP contribution in [0.3, 0.4) is 0 Å². The predicted octanol–water partition coefficient (Wildman–Crippen LogP) is 0.784. The van der Waals surface area contributed by atoms with Crippen molar-refractivity contribution in [1.82, 2.24) is 25.0 Å². The van der Waals surface area contributed by atoms with E-state index in [1.807, 2.05) is 6.92 Å². The highest BCUT2D eigenvalue weighted by Crippen LogP contribution is 2.31. The van der Waals surface area contributed by atoms with Crippen LogP contribution in [0.1, 0.15) is 31.4 Å². The molecule has 2 fully saturated rings. The second-order valence-corrected chi connectivity index (χ2v) is 5.77. The van der Waals surface area contributed by atoms with Crippen LogP contribution < -0.4 is 0 Å². The number of aryl methyl sites for hydroxylation is 1. The summed E-state index contributed by atoms with van der Waals surface area (Å²) in [7, 11) is 1.79. The standard InChI is InChI=1S/C13H21N5O2/c1-3-10-14-11(16-15-10)7-18-6-4-5-13(9-18)8-17(2)12(19)20-13/h3-9H2,1-2H3,(H,14,15,16)/t13-/m1/s1. The number of aromatic nitrogens is 3. The van der Waals surface area contributed by atoms with Gasteiger partial charge in [-0.1, -0.05) is 6.92 Å². The molecule has 3 rings (SSSR count). The van der Waals surface area contributed by atoms with Gasteiger partial charge in [0, 0.05) is 20.0 Å². The van der Waals surface area contributed by atoms with Crippen molar-refractivity contribution in [2.45, 2.75) is 38.3 Å². The van der Waals surface area contributed by atoms with Crippen molar-refractivity contribution < 1.29 is 9.53 Å². The fraction of sp³-hybridized carbons (Fsp3) is 0.769. The number of rotatable bonds is 3. The van der Waals surface area contributed by atoms with Crippen LogP contribution in [-0.4, -0.2) is 63.4 Å². The van der Waals surface area contributed by atoms with Crippen molar-refractivity contribution in [1.29, 1.82) is 0 Å². The molecule has 0 unspecified atom stereocenters. The number of hydrogen-bond acceptors (Lipinski definition) is 5. The average Bonchev–Trinajstić information content (AvgIpc) is 2.95. The summed E-state index contributed by atoms with van der Waals surface area (Å²) in [6, 6.07) is 0. The first-order valence-corrected chi connectivity index (χ1v) is 7.17. The molecule has 2 aliphatic rings. The van der Waals surface area contributed by atoms with Gasteiger partial charge in [-0.05, 0) is 19.4 Å². The van der Waals surface area contributed by atoms with Crippen LogP contribution in [0, 0.1) is 0 Å². The van der Waals surface area contributed by atoms with E-state index in [4.69, 9.17) is 4.74 Å². The number of carbonyl (C=O) groups excluding carboxylic acids is 1. The van der Waals surface area contributed by atoms with Crippen LogP contribution in [0.5, 0.6) is 0 Å². The molecule has 1 spiro atoms. The lowest BCUT2D eigenvalue weighted by molar-refractivity contribution is -0.0120. The first kappa shape index (κ1) is 13.4. The Morgan fingerprint density at radius 1 is 1.45 bits per heavy atom. The summed E-state index contributed by atoms with van der Waals surface area (Å²) < 4.78 is 5.60. The molecule has 1 aromatic heterocycles. The lowest BCUT2D eigenvalue weighted by Crippen LogP contribution is -2.50. The van der Waals surface area contributed by atoms with Crippen molar-refractivity contribution in [3.63, 3.8) is 0 Å². The number of piperidine rings is 1. The molecule has 0 bridgehead atoms. The normalized spacial score (nSPS) is 27.3. The summed E-state index contributed by atoms with van der Waals surface area (Å²) >= 11 is 0. The van der Waals surface area contributed by atoms with Crippen molar-refractivity contribution in [2.75, 3.05) is 26.7 Å². The number of likely N-dealkylation sites (N-methyl/N-ethyl adjacent to an activating group) is 1. The highest BCUT2D eigenvalue weighted by atomic mass is 16.6. The molecule has 0 saturated carbocycles. The SMILES string of the molecule is CCc1n[nH]c(CN2CCC[C@]3(C2)CN(C)C(=O)O3)n1. The molecule has 1 atom stereocenters. The Morgan fingerprint density at radius 2 is 2.30 bits per heavy atom. The highest BCUT2D eigenvalue weighted by molar-refractivity contribution is 5.70. The summed E-state index contributed by atoms with van der Waals surface area (Å²) in [6.45, 7) is 5.22. The Labute approximate surface area is 118 Å². The summed E-state index contributed by atoms with van der Waals surface area (Å²) in [5, 5.41) is 7.14. The lowest BCUT2D eigenvalue weighted by Gasteiger charge is -2.37. The molecular formula is C13H21N5O2. The Kier molecular flexibility index (Phi) is 3.37. The number of carbonyl (C=O) groups is 1. The van der Waals surface area contributed by atoms with Crippen LogP contribution in [0.2, 0.25) is 0 Å². The molecule has 2 aliphatic heterocycles. The number of likely N-dealkylation sites (tertiary alicyclic amines) is 1. The third-order valence-electron chi connectivity index (χ3n) is 4.03. The van der Waals surface area contributed by atoms with Gasteiger partial charge in [0.05, 0.1) is 13.1 Å². The summed E-state index contributed by atoms with van der Waals surface area (Å²) in [6.07, 6.45) is 2.61. The Morgan fingerprint density at radius 3 is 2.95 bits per heavy atom. The van der Waals surface area contributed by atoms with Gasteiger partial charge in [0.15, 0.2) is 0 Å². The quantitative estimate of drug-likeness (QED) is 0.885. The van der Waals surface area contributed by atoms with E-state index in [2.05, 4.69) is 20.1 Å². The molecule has 20 heavy (non-hydrogen) atoms. The predicted molar refractivity (Wildman–Crippen MR) is 72.1 cm³/mol. The third-order valence-corrected chi connectivity index (χ3v) is 4.03. The van der Waals surface area contributed by atoms with E-state index in [1.54, 1.807) is 11.9 Å². The number of nitrogens with one attached hydrogen (secondary N) is 1. The number of nitrogens with zero attached hydrogens (tertiary/aromatic N) is 4. The second kappa shape index (κ2) is 5.05. The minimum absolute atomic E-state index is 0.209. The fourth-order valence-electron chi connectivity index (χ4n) is 3.11. The maximum Gasteiger partial charge on any atom is 0.410 e. The molecule has 7 heteroatoms. The van der Waals surface area contributed by atoms with E-state index in [9.17, 15) is 4.79 Å². The Hall–Kier alpha value is -1.63. The van der Waals surface area contributed by atoms with Crippen LogP contribution in [0.15, 0.2) is 0 Å². The topological polar surface area (TPSA) is 74.4 Å². The minimum Gasteiger partial charge on any atom is -0.440 e. The first-order chi connectivity index (χ1) is 9.60. The van der Waals surface area contributed by atoms with Crippen molar-refractivity contribution in [3.05, 3.63) is 11.6 Å². The minimum atomic E-state index is -0.336. The maximum atomic E-state index is 11.6. The molecular weight excluding hydrogens is 258 g/mol. The van der Waals surface area contributed by atoms with Crippen molar-refractivity contribution in [3.8, 4) is 0 Å². The van der Waals surface area contributed by atoms with Gasteiger partial charge >= 0.3 is 6.09 Å². The van der Waals surface area contributed by atoms with Gasteiger partial charge in [0.2, 0.25) is 0 Å². The summed E-state index contributed by atoms with van der Waals surface area (Å²) in [4.78, 5) is 20.0. The number of ether oxygens (including phenoxy) is 1. The van der Waals surface area contributed by atoms with Crippen LogP contribution in [0.25, 0.3) is 0 Å². The monoisotopic (exact) mass is 279 g/mol. The summed E-state index contributed by atoms with van der Waals surface area (Å²) in [5.41, 5.74) is -0.336. The van der Waals surface area contributed by atoms with Gasteiger partial charge in [-0.25, -0.2) is 9.78 Å². The molecule has 1 amide bonds. The van der Waals surface area contributed by atoms with Gasteiger partial charge in [-0.2, -0.15) is 5.10 Å². The molecule has 0 aromatic carbocycles. The Bertz CT molecular complexity index is 503. The van der Waals surface area contributed by atoms with Crippen molar-refractivity contribution >= 4 is 6.09 Å². The van der Waals surface area contributed by atoms with Gasteiger partial charge < -0.3 is 9.64 Å². The third kappa shape index (κ3) is 2.49. The van der Waals surface area contributed by atoms with E-state index in [-0.39, 0.29) is 11.7 Å². The zero-order chi connectivity index (χ0) is 14.2. The number of amides is 1. The molecule has 110 valence electrons. The van der Waals surface area contributed by atoms with Crippen molar-refractivity contribution in [2.24, 2.45) is 0 Å². The van der Waals surface area contributed by atoms with E-state index >= 15 is 0 Å². The van der Waals surface area contributed by atoms with Gasteiger partial charge in [-0.3, -0.25) is 10.00 Å². The van der Waals surface area contributed by atoms with Gasteiger partial charge in [0.1, 0.15) is 17.2 Å². The number of hydrogen-bond donors (Lipinski definition) is 1. The van der Waals surface area contributed by atoms with E-state index in [0.717, 1.165) is 50.5 Å². The maximum absolute atomic E-state index is 11.6. The smallest absolute Gasteiger partial charge is 0.410 e. The average molecular weight is 279 g/mol. The summed E-state index contributed by atoms with van der Waals surface area (Å²) in [5.74, 6) is 1.73. The van der Waals surface area contributed by atoms with Crippen LogP contribution >= 0.6 is 0 Å². The fourth-order valence-corrected chi connectivity index (χ4v) is 3.11. The number of aromatic amines is 1. The highest BCUT2D eigenvalue weighted by Gasteiger charge is 2.46.